The number of amides is 4. The molecule has 0 unspecified atom stereocenters. The normalized spacial score (nSPS) is 22.8. The van der Waals surface area contributed by atoms with Crippen molar-refractivity contribution in [2.24, 2.45) is 0 Å². The van der Waals surface area contributed by atoms with Crippen LogP contribution in [-0.4, -0.2) is 28.8 Å². The second-order valence-corrected chi connectivity index (χ2v) is 5.30. The molecule has 110 valence electrons. The fourth-order valence-corrected chi connectivity index (χ4v) is 2.86. The van der Waals surface area contributed by atoms with Crippen molar-refractivity contribution in [3.05, 3.63) is 29.7 Å². The standard InChI is InChI=1S/C15H16N2O4/c18-13-12(9-11-7-4-8-21-11)14(19)17(15(20)16-13)10-5-2-1-3-6-10/h4,7-10H,1-3,5-6H2,(H,16,18,20)/b12-9+. The lowest BCUT2D eigenvalue weighted by molar-refractivity contribution is -0.132. The second kappa shape index (κ2) is 5.55. The third-order valence-electron chi connectivity index (χ3n) is 3.90. The fourth-order valence-electron chi connectivity index (χ4n) is 2.86. The van der Waals surface area contributed by atoms with Gasteiger partial charge in [-0.15, -0.1) is 0 Å². The molecule has 21 heavy (non-hydrogen) atoms. The van der Waals surface area contributed by atoms with E-state index in [4.69, 9.17) is 4.42 Å². The molecule has 0 atom stereocenters. The number of hydrogen-bond acceptors (Lipinski definition) is 4. The number of furan rings is 1. The number of nitrogens with one attached hydrogen (secondary N) is 1. The van der Waals surface area contributed by atoms with Gasteiger partial charge in [0.25, 0.3) is 11.8 Å². The highest BCUT2D eigenvalue weighted by molar-refractivity contribution is 6.31. The maximum absolute atomic E-state index is 12.5. The quantitative estimate of drug-likeness (QED) is 0.667. The van der Waals surface area contributed by atoms with Gasteiger partial charge < -0.3 is 4.42 Å². The van der Waals surface area contributed by atoms with Crippen LogP contribution >= 0.6 is 0 Å². The van der Waals surface area contributed by atoms with Gasteiger partial charge in [0.2, 0.25) is 0 Å². The molecule has 3 rings (SSSR count). The molecule has 0 spiro atoms. The van der Waals surface area contributed by atoms with Crippen LogP contribution in [0, 0.1) is 0 Å². The number of nitrogens with zero attached hydrogens (tertiary/aromatic N) is 1. The first-order valence-corrected chi connectivity index (χ1v) is 7.11. The number of imide groups is 2. The van der Waals surface area contributed by atoms with E-state index in [1.807, 2.05) is 0 Å². The van der Waals surface area contributed by atoms with E-state index in [0.29, 0.717) is 5.76 Å². The summed E-state index contributed by atoms with van der Waals surface area (Å²) in [4.78, 5) is 37.6. The molecule has 0 radical (unpaired) electrons. The van der Waals surface area contributed by atoms with Crippen LogP contribution in [0.25, 0.3) is 6.08 Å². The lowest BCUT2D eigenvalue weighted by Crippen LogP contribution is -2.58. The number of barbiturate groups is 1. The van der Waals surface area contributed by atoms with Gasteiger partial charge in [-0.3, -0.25) is 19.8 Å². The molecule has 0 aromatic carbocycles. The van der Waals surface area contributed by atoms with Crippen molar-refractivity contribution in [2.45, 2.75) is 38.1 Å². The molecule has 1 saturated carbocycles. The van der Waals surface area contributed by atoms with Gasteiger partial charge in [-0.05, 0) is 31.1 Å². The average molecular weight is 288 g/mol. The van der Waals surface area contributed by atoms with Crippen molar-refractivity contribution in [1.82, 2.24) is 10.2 Å². The summed E-state index contributed by atoms with van der Waals surface area (Å²) in [5, 5.41) is 2.24. The van der Waals surface area contributed by atoms with Gasteiger partial charge in [-0.2, -0.15) is 0 Å². The molecule has 1 aromatic rings. The number of urea groups is 1. The summed E-state index contributed by atoms with van der Waals surface area (Å²) in [6, 6.07) is 2.57. The van der Waals surface area contributed by atoms with Crippen molar-refractivity contribution in [1.29, 1.82) is 0 Å². The Bertz CT molecular complexity index is 597. The summed E-state index contributed by atoms with van der Waals surface area (Å²) in [5.74, 6) is -0.799. The smallest absolute Gasteiger partial charge is 0.331 e. The number of carbonyl (C=O) groups is 3. The molecular formula is C15H16N2O4. The van der Waals surface area contributed by atoms with Crippen LogP contribution in [0.2, 0.25) is 0 Å². The van der Waals surface area contributed by atoms with Gasteiger partial charge in [0, 0.05) is 6.04 Å². The Morgan fingerprint density at radius 3 is 2.62 bits per heavy atom. The molecule has 1 saturated heterocycles. The minimum Gasteiger partial charge on any atom is -0.465 e. The zero-order valence-corrected chi connectivity index (χ0v) is 11.5. The Hall–Kier alpha value is -2.37. The summed E-state index contributed by atoms with van der Waals surface area (Å²) in [6.07, 6.45) is 7.53. The van der Waals surface area contributed by atoms with E-state index in [1.54, 1.807) is 12.1 Å². The van der Waals surface area contributed by atoms with Gasteiger partial charge in [0.05, 0.1) is 6.26 Å². The Balaban J connectivity index is 1.89. The van der Waals surface area contributed by atoms with Gasteiger partial charge in [-0.1, -0.05) is 19.3 Å². The first kappa shape index (κ1) is 13.6. The van der Waals surface area contributed by atoms with Crippen LogP contribution in [0.15, 0.2) is 28.4 Å². The molecule has 4 amide bonds. The fraction of sp³-hybridized carbons (Fsp3) is 0.400. The number of hydrogen-bond donors (Lipinski definition) is 1. The lowest BCUT2D eigenvalue weighted by Gasteiger charge is -2.35. The summed E-state index contributed by atoms with van der Waals surface area (Å²) in [6.45, 7) is 0. The maximum atomic E-state index is 12.5. The van der Waals surface area contributed by atoms with Crippen molar-refractivity contribution in [2.75, 3.05) is 0 Å². The van der Waals surface area contributed by atoms with Crippen LogP contribution in [0.3, 0.4) is 0 Å². The van der Waals surface area contributed by atoms with E-state index < -0.39 is 17.8 Å². The number of rotatable bonds is 2. The Labute approximate surface area is 121 Å². The Morgan fingerprint density at radius 2 is 1.95 bits per heavy atom. The van der Waals surface area contributed by atoms with Gasteiger partial charge >= 0.3 is 6.03 Å². The molecule has 0 bridgehead atoms. The van der Waals surface area contributed by atoms with E-state index in [1.165, 1.54) is 17.2 Å². The third kappa shape index (κ3) is 2.61. The van der Waals surface area contributed by atoms with Gasteiger partial charge in [0.15, 0.2) is 0 Å². The first-order valence-electron chi connectivity index (χ1n) is 7.11. The predicted molar refractivity (Wildman–Crippen MR) is 73.9 cm³/mol. The highest BCUT2D eigenvalue weighted by Gasteiger charge is 2.40. The topological polar surface area (TPSA) is 79.6 Å². The predicted octanol–water partition coefficient (Wildman–Crippen LogP) is 2.07. The zero-order chi connectivity index (χ0) is 14.8. The minimum atomic E-state index is -0.673. The van der Waals surface area contributed by atoms with Crippen LogP contribution in [0.5, 0.6) is 0 Å². The van der Waals surface area contributed by atoms with Gasteiger partial charge in [0.1, 0.15) is 11.3 Å². The van der Waals surface area contributed by atoms with E-state index in [-0.39, 0.29) is 11.6 Å². The largest absolute Gasteiger partial charge is 0.465 e. The third-order valence-corrected chi connectivity index (χ3v) is 3.90. The molecule has 2 fully saturated rings. The molecule has 6 nitrogen and oxygen atoms in total. The highest BCUT2D eigenvalue weighted by atomic mass is 16.3. The van der Waals surface area contributed by atoms with E-state index in [2.05, 4.69) is 5.32 Å². The Kier molecular flexibility index (Phi) is 3.60. The Morgan fingerprint density at radius 1 is 1.19 bits per heavy atom. The molecule has 1 N–H and O–H groups in total. The number of carbonyl (C=O) groups excluding carboxylic acids is 3. The molecule has 1 aliphatic carbocycles. The maximum Gasteiger partial charge on any atom is 0.331 e. The van der Waals surface area contributed by atoms with Crippen molar-refractivity contribution < 1.29 is 18.8 Å². The summed E-state index contributed by atoms with van der Waals surface area (Å²) < 4.78 is 5.13. The van der Waals surface area contributed by atoms with Crippen LogP contribution < -0.4 is 5.32 Å². The monoisotopic (exact) mass is 288 g/mol. The SMILES string of the molecule is O=C1NC(=O)N(C2CCCCC2)C(=O)/C1=C/c1ccco1. The molecule has 1 aliphatic heterocycles. The highest BCUT2D eigenvalue weighted by Crippen LogP contribution is 2.26. The van der Waals surface area contributed by atoms with Crippen LogP contribution in [-0.2, 0) is 9.59 Å². The lowest BCUT2D eigenvalue weighted by atomic mass is 9.93. The summed E-state index contributed by atoms with van der Waals surface area (Å²) in [5.41, 5.74) is -0.0601. The first-order chi connectivity index (χ1) is 10.2. The van der Waals surface area contributed by atoms with E-state index in [0.717, 1.165) is 32.1 Å². The molecule has 2 heterocycles. The van der Waals surface area contributed by atoms with E-state index >= 15 is 0 Å². The molecule has 6 heteroatoms. The second-order valence-electron chi connectivity index (χ2n) is 5.30. The summed E-state index contributed by atoms with van der Waals surface area (Å²) >= 11 is 0. The molecule has 2 aliphatic rings. The van der Waals surface area contributed by atoms with Gasteiger partial charge in [-0.25, -0.2) is 4.79 Å². The molecular weight excluding hydrogens is 272 g/mol. The zero-order valence-electron chi connectivity index (χ0n) is 11.5. The average Bonchev–Trinajstić information content (AvgIpc) is 2.97. The van der Waals surface area contributed by atoms with Crippen molar-refractivity contribution in [3.8, 4) is 0 Å². The van der Waals surface area contributed by atoms with Crippen molar-refractivity contribution >= 4 is 23.9 Å². The van der Waals surface area contributed by atoms with Crippen molar-refractivity contribution in [3.63, 3.8) is 0 Å². The van der Waals surface area contributed by atoms with Crippen LogP contribution in [0.4, 0.5) is 4.79 Å². The summed E-state index contributed by atoms with van der Waals surface area (Å²) in [7, 11) is 0. The van der Waals surface area contributed by atoms with E-state index in [9.17, 15) is 14.4 Å². The minimum absolute atomic E-state index is 0.0601. The molecule has 1 aromatic heterocycles. The van der Waals surface area contributed by atoms with Crippen LogP contribution in [0.1, 0.15) is 37.9 Å².